The lowest BCUT2D eigenvalue weighted by Crippen LogP contribution is -2.36. The van der Waals surface area contributed by atoms with E-state index >= 15 is 0 Å². The third-order valence-electron chi connectivity index (χ3n) is 4.39. The molecule has 2 amide bonds. The quantitative estimate of drug-likeness (QED) is 0.854. The second kappa shape index (κ2) is 7.16. The third kappa shape index (κ3) is 4.34. The number of para-hydroxylation sites is 1. The molecule has 1 fully saturated rings. The zero-order valence-electron chi connectivity index (χ0n) is 14.8. The molecule has 0 saturated carbocycles. The van der Waals surface area contributed by atoms with Crippen molar-refractivity contribution in [3.63, 3.8) is 0 Å². The molecular formula is C19H28N2O2. The van der Waals surface area contributed by atoms with Crippen LogP contribution in [0, 0.1) is 0 Å². The van der Waals surface area contributed by atoms with Gasteiger partial charge in [-0.15, -0.1) is 0 Å². The van der Waals surface area contributed by atoms with Gasteiger partial charge in [0.15, 0.2) is 0 Å². The number of rotatable bonds is 4. The maximum absolute atomic E-state index is 12.3. The van der Waals surface area contributed by atoms with Crippen LogP contribution in [0.2, 0.25) is 0 Å². The molecule has 1 aliphatic heterocycles. The lowest BCUT2D eigenvalue weighted by molar-refractivity contribution is -0.129. The molecule has 0 atom stereocenters. The van der Waals surface area contributed by atoms with E-state index in [2.05, 4.69) is 26.8 Å². The minimum Gasteiger partial charge on any atom is -0.343 e. The van der Waals surface area contributed by atoms with Crippen molar-refractivity contribution in [1.82, 2.24) is 4.90 Å². The van der Waals surface area contributed by atoms with Crippen molar-refractivity contribution < 1.29 is 9.59 Å². The summed E-state index contributed by atoms with van der Waals surface area (Å²) in [4.78, 5) is 28.1. The van der Waals surface area contributed by atoms with E-state index in [-0.39, 0.29) is 17.2 Å². The van der Waals surface area contributed by atoms with E-state index in [1.54, 1.807) is 11.8 Å². The Balaban J connectivity index is 2.16. The Hall–Kier alpha value is -1.84. The molecule has 23 heavy (non-hydrogen) atoms. The van der Waals surface area contributed by atoms with Crippen LogP contribution < -0.4 is 4.90 Å². The van der Waals surface area contributed by atoms with Gasteiger partial charge in [0.2, 0.25) is 11.8 Å². The molecule has 0 N–H and O–H groups in total. The van der Waals surface area contributed by atoms with Gasteiger partial charge in [0.25, 0.3) is 0 Å². The molecular weight excluding hydrogens is 288 g/mol. The van der Waals surface area contributed by atoms with Crippen molar-refractivity contribution in [2.24, 2.45) is 0 Å². The first-order valence-electron chi connectivity index (χ1n) is 8.46. The van der Waals surface area contributed by atoms with Crippen molar-refractivity contribution in [2.45, 2.75) is 52.4 Å². The number of carbonyl (C=O) groups excluding carboxylic acids is 2. The summed E-state index contributed by atoms with van der Waals surface area (Å²) in [5.41, 5.74) is 1.99. The Labute approximate surface area is 139 Å². The first-order valence-corrected chi connectivity index (χ1v) is 8.46. The fourth-order valence-electron chi connectivity index (χ4n) is 3.12. The molecule has 0 aromatic heterocycles. The lowest BCUT2D eigenvalue weighted by atomic mass is 9.85. The van der Waals surface area contributed by atoms with Gasteiger partial charge in [0, 0.05) is 38.7 Å². The topological polar surface area (TPSA) is 40.6 Å². The summed E-state index contributed by atoms with van der Waals surface area (Å²) in [5, 5.41) is 0. The summed E-state index contributed by atoms with van der Waals surface area (Å²) in [6.45, 7) is 10.1. The molecule has 1 heterocycles. The summed E-state index contributed by atoms with van der Waals surface area (Å²) in [6.07, 6.45) is 2.57. The number of carbonyl (C=O) groups is 2. The normalized spacial score (nSPS) is 14.9. The number of benzene rings is 1. The van der Waals surface area contributed by atoms with Gasteiger partial charge in [-0.3, -0.25) is 9.59 Å². The fraction of sp³-hybridized carbons (Fsp3) is 0.579. The third-order valence-corrected chi connectivity index (χ3v) is 4.39. The van der Waals surface area contributed by atoms with Gasteiger partial charge in [-0.05, 0) is 29.9 Å². The monoisotopic (exact) mass is 316 g/mol. The number of amides is 2. The zero-order valence-corrected chi connectivity index (χ0v) is 14.8. The maximum Gasteiger partial charge on any atom is 0.224 e. The fourth-order valence-corrected chi connectivity index (χ4v) is 3.12. The Kier molecular flexibility index (Phi) is 5.45. The second-order valence-electron chi connectivity index (χ2n) is 7.28. The molecule has 126 valence electrons. The molecule has 1 aliphatic rings. The van der Waals surface area contributed by atoms with Gasteiger partial charge >= 0.3 is 0 Å². The van der Waals surface area contributed by atoms with Crippen LogP contribution in [-0.4, -0.2) is 36.3 Å². The van der Waals surface area contributed by atoms with Crippen molar-refractivity contribution >= 4 is 17.5 Å². The van der Waals surface area contributed by atoms with E-state index in [9.17, 15) is 9.59 Å². The van der Waals surface area contributed by atoms with Crippen LogP contribution in [0.3, 0.4) is 0 Å². The Morgan fingerprint density at radius 2 is 1.74 bits per heavy atom. The van der Waals surface area contributed by atoms with E-state index in [0.29, 0.717) is 13.0 Å². The van der Waals surface area contributed by atoms with Crippen molar-refractivity contribution in [1.29, 1.82) is 0 Å². The van der Waals surface area contributed by atoms with Crippen LogP contribution in [0.15, 0.2) is 24.3 Å². The standard InChI is InChI=1S/C19H28N2O2/c1-15(22)21(14-11-18(23)20-12-7-8-13-20)17-10-6-5-9-16(17)19(2,3)4/h5-6,9-10H,7-8,11-14H2,1-4H3. The molecule has 0 bridgehead atoms. The molecule has 0 radical (unpaired) electrons. The highest BCUT2D eigenvalue weighted by Gasteiger charge is 2.24. The van der Waals surface area contributed by atoms with Crippen LogP contribution in [0.5, 0.6) is 0 Å². The van der Waals surface area contributed by atoms with E-state index in [4.69, 9.17) is 0 Å². The van der Waals surface area contributed by atoms with Crippen LogP contribution in [-0.2, 0) is 15.0 Å². The van der Waals surface area contributed by atoms with Gasteiger partial charge in [-0.2, -0.15) is 0 Å². The molecule has 0 spiro atoms. The van der Waals surface area contributed by atoms with E-state index in [0.717, 1.165) is 37.2 Å². The summed E-state index contributed by atoms with van der Waals surface area (Å²) in [7, 11) is 0. The average molecular weight is 316 g/mol. The summed E-state index contributed by atoms with van der Waals surface area (Å²) in [6, 6.07) is 7.98. The van der Waals surface area contributed by atoms with Crippen molar-refractivity contribution in [2.75, 3.05) is 24.5 Å². The molecule has 4 nitrogen and oxygen atoms in total. The van der Waals surface area contributed by atoms with Crippen molar-refractivity contribution in [3.05, 3.63) is 29.8 Å². The Morgan fingerprint density at radius 1 is 1.13 bits per heavy atom. The summed E-state index contributed by atoms with van der Waals surface area (Å²) in [5.74, 6) is 0.137. The maximum atomic E-state index is 12.3. The van der Waals surface area contributed by atoms with Crippen LogP contribution in [0.25, 0.3) is 0 Å². The van der Waals surface area contributed by atoms with Crippen LogP contribution in [0.4, 0.5) is 5.69 Å². The van der Waals surface area contributed by atoms with E-state index < -0.39 is 0 Å². The van der Waals surface area contributed by atoms with Gasteiger partial charge in [-0.25, -0.2) is 0 Å². The second-order valence-corrected chi connectivity index (χ2v) is 7.28. The predicted octanol–water partition coefficient (Wildman–Crippen LogP) is 3.35. The molecule has 0 unspecified atom stereocenters. The largest absolute Gasteiger partial charge is 0.343 e. The summed E-state index contributed by atoms with van der Waals surface area (Å²) >= 11 is 0. The summed E-state index contributed by atoms with van der Waals surface area (Å²) < 4.78 is 0. The first kappa shape index (κ1) is 17.5. The van der Waals surface area contributed by atoms with E-state index in [1.165, 1.54) is 0 Å². The van der Waals surface area contributed by atoms with Crippen LogP contribution in [0.1, 0.15) is 52.5 Å². The Bertz CT molecular complexity index is 569. The highest BCUT2D eigenvalue weighted by Crippen LogP contribution is 2.32. The SMILES string of the molecule is CC(=O)N(CCC(=O)N1CCCC1)c1ccccc1C(C)(C)C. The molecule has 0 aliphatic carbocycles. The minimum atomic E-state index is -0.0523. The van der Waals surface area contributed by atoms with Gasteiger partial charge in [0.05, 0.1) is 0 Å². The molecule has 1 aromatic rings. The number of likely N-dealkylation sites (tertiary alicyclic amines) is 1. The van der Waals surface area contributed by atoms with Gasteiger partial charge in [0.1, 0.15) is 0 Å². The van der Waals surface area contributed by atoms with E-state index in [1.807, 2.05) is 23.1 Å². The molecule has 1 saturated heterocycles. The van der Waals surface area contributed by atoms with Crippen molar-refractivity contribution in [3.8, 4) is 0 Å². The number of hydrogen-bond acceptors (Lipinski definition) is 2. The molecule has 4 heteroatoms. The Morgan fingerprint density at radius 3 is 2.30 bits per heavy atom. The minimum absolute atomic E-state index is 0.0177. The highest BCUT2D eigenvalue weighted by molar-refractivity contribution is 5.93. The lowest BCUT2D eigenvalue weighted by Gasteiger charge is -2.30. The van der Waals surface area contributed by atoms with Crippen LogP contribution >= 0.6 is 0 Å². The number of hydrogen-bond donors (Lipinski definition) is 0. The zero-order chi connectivity index (χ0) is 17.0. The van der Waals surface area contributed by atoms with Gasteiger partial charge in [-0.1, -0.05) is 39.0 Å². The molecule has 1 aromatic carbocycles. The van der Waals surface area contributed by atoms with Gasteiger partial charge < -0.3 is 9.80 Å². The smallest absolute Gasteiger partial charge is 0.224 e. The number of nitrogens with zero attached hydrogens (tertiary/aromatic N) is 2. The highest BCUT2D eigenvalue weighted by atomic mass is 16.2. The predicted molar refractivity (Wildman–Crippen MR) is 93.6 cm³/mol. The molecule has 2 rings (SSSR count). The number of anilines is 1. The average Bonchev–Trinajstić information content (AvgIpc) is 3.00. The first-order chi connectivity index (χ1) is 10.8.